The van der Waals surface area contributed by atoms with Crippen LogP contribution in [-0.4, -0.2) is 27.7 Å². The maximum Gasteiger partial charge on any atom is 0.0767 e. The number of ether oxygens (including phenoxy) is 1. The van der Waals surface area contributed by atoms with E-state index < -0.39 is 0 Å². The van der Waals surface area contributed by atoms with E-state index in [4.69, 9.17) is 4.74 Å². The number of rotatable bonds is 5. The van der Waals surface area contributed by atoms with Gasteiger partial charge in [-0.15, -0.1) is 11.8 Å². The fraction of sp³-hybridized carbons (Fsp3) is 0.769. The van der Waals surface area contributed by atoms with Crippen LogP contribution in [-0.2, 0) is 23.5 Å². The second kappa shape index (κ2) is 6.44. The molecule has 2 rings (SSSR count). The first-order valence-corrected chi connectivity index (χ1v) is 8.48. The van der Waals surface area contributed by atoms with Crippen molar-refractivity contribution in [3.05, 3.63) is 15.9 Å². The Morgan fingerprint density at radius 2 is 2.28 bits per heavy atom. The zero-order chi connectivity index (χ0) is 13.1. The molecule has 0 radical (unpaired) electrons. The highest BCUT2D eigenvalue weighted by Gasteiger charge is 2.25. The molecule has 0 bridgehead atoms. The third kappa shape index (κ3) is 2.94. The molecule has 1 aliphatic rings. The molecule has 0 saturated carbocycles. The maximum atomic E-state index is 5.61. The number of nitrogens with zero attached hydrogens (tertiary/aromatic N) is 2. The van der Waals surface area contributed by atoms with Crippen LogP contribution < -0.4 is 0 Å². The zero-order valence-corrected chi connectivity index (χ0v) is 13.7. The molecule has 1 saturated heterocycles. The van der Waals surface area contributed by atoms with Crippen molar-refractivity contribution in [2.45, 2.75) is 57.3 Å². The van der Waals surface area contributed by atoms with Crippen LogP contribution in [0.1, 0.15) is 38.6 Å². The summed E-state index contributed by atoms with van der Waals surface area (Å²) in [7, 11) is 0. The summed E-state index contributed by atoms with van der Waals surface area (Å²) in [5.41, 5.74) is 2.49. The lowest BCUT2D eigenvalue weighted by Crippen LogP contribution is -2.14. The highest BCUT2D eigenvalue weighted by atomic mass is 79.9. The molecule has 5 heteroatoms. The maximum absolute atomic E-state index is 5.61. The molecule has 1 aliphatic heterocycles. The Kier molecular flexibility index (Phi) is 5.15. The Balaban J connectivity index is 2.06. The van der Waals surface area contributed by atoms with Crippen molar-refractivity contribution >= 4 is 27.7 Å². The second-order valence-corrected chi connectivity index (χ2v) is 6.61. The van der Waals surface area contributed by atoms with Gasteiger partial charge in [0.25, 0.3) is 0 Å². The summed E-state index contributed by atoms with van der Waals surface area (Å²) in [5, 5.41) is 5.26. The minimum absolute atomic E-state index is 0.386. The van der Waals surface area contributed by atoms with Crippen molar-refractivity contribution in [3.8, 4) is 0 Å². The van der Waals surface area contributed by atoms with Gasteiger partial charge < -0.3 is 4.74 Å². The summed E-state index contributed by atoms with van der Waals surface area (Å²) in [4.78, 5) is 0. The highest BCUT2D eigenvalue weighted by Crippen LogP contribution is 2.32. The van der Waals surface area contributed by atoms with E-state index in [2.05, 4.69) is 46.5 Å². The van der Waals surface area contributed by atoms with Crippen molar-refractivity contribution in [1.82, 2.24) is 9.78 Å². The van der Waals surface area contributed by atoms with Gasteiger partial charge in [-0.05, 0) is 42.6 Å². The molecule has 3 nitrogen and oxygen atoms in total. The molecule has 0 spiro atoms. The van der Waals surface area contributed by atoms with Crippen LogP contribution in [0.3, 0.4) is 0 Å². The molecule has 1 aromatic rings. The Morgan fingerprint density at radius 1 is 1.50 bits per heavy atom. The monoisotopic (exact) mass is 332 g/mol. The average Bonchev–Trinajstić information content (AvgIpc) is 2.91. The minimum atomic E-state index is 0.386. The number of hydrogen-bond acceptors (Lipinski definition) is 3. The first-order chi connectivity index (χ1) is 8.67. The number of aromatic nitrogens is 2. The topological polar surface area (TPSA) is 27.1 Å². The number of thioether (sulfide) groups is 1. The molecule has 1 fully saturated rings. The average molecular weight is 333 g/mol. The summed E-state index contributed by atoms with van der Waals surface area (Å²) in [5.74, 6) is 1.01. The molecule has 2 atom stereocenters. The third-order valence-electron chi connectivity index (χ3n) is 3.43. The predicted octanol–water partition coefficient (Wildman–Crippen LogP) is 3.64. The molecule has 0 aliphatic carbocycles. The third-order valence-corrected chi connectivity index (χ3v) is 5.84. The number of hydrogen-bond donors (Lipinski definition) is 0. The van der Waals surface area contributed by atoms with E-state index in [1.54, 1.807) is 0 Å². The molecule has 0 aromatic carbocycles. The van der Waals surface area contributed by atoms with Crippen molar-refractivity contribution < 1.29 is 4.74 Å². The summed E-state index contributed by atoms with van der Waals surface area (Å²) < 4.78 is 8.93. The Morgan fingerprint density at radius 3 is 2.83 bits per heavy atom. The fourth-order valence-electron chi connectivity index (χ4n) is 2.27. The molecular weight excluding hydrogens is 312 g/mol. The number of halogens is 1. The first kappa shape index (κ1) is 14.4. The van der Waals surface area contributed by atoms with Crippen LogP contribution >= 0.6 is 27.7 Å². The van der Waals surface area contributed by atoms with Gasteiger partial charge >= 0.3 is 0 Å². The van der Waals surface area contributed by atoms with Crippen molar-refractivity contribution in [3.63, 3.8) is 0 Å². The van der Waals surface area contributed by atoms with E-state index >= 15 is 0 Å². The van der Waals surface area contributed by atoms with Crippen LogP contribution in [0.25, 0.3) is 0 Å². The molecule has 2 heterocycles. The Bertz CT molecular complexity index is 408. The predicted molar refractivity (Wildman–Crippen MR) is 80.1 cm³/mol. The van der Waals surface area contributed by atoms with Crippen LogP contribution in [0.15, 0.2) is 4.47 Å². The van der Waals surface area contributed by atoms with Crippen LogP contribution in [0.4, 0.5) is 0 Å². The molecule has 18 heavy (non-hydrogen) atoms. The lowest BCUT2D eigenvalue weighted by Gasteiger charge is -2.14. The second-order valence-electron chi connectivity index (χ2n) is 4.59. The molecule has 0 amide bonds. The number of aryl methyl sites for hydroxylation is 2. The summed E-state index contributed by atoms with van der Waals surface area (Å²) in [6, 6.07) is 0. The largest absolute Gasteiger partial charge is 0.377 e. The Labute approximate surface area is 122 Å². The van der Waals surface area contributed by atoms with Crippen LogP contribution in [0, 0.1) is 0 Å². The van der Waals surface area contributed by atoms with Gasteiger partial charge in [0.2, 0.25) is 0 Å². The summed E-state index contributed by atoms with van der Waals surface area (Å²) in [6.07, 6.45) is 2.54. The van der Waals surface area contributed by atoms with Gasteiger partial charge in [-0.2, -0.15) is 5.10 Å². The quantitative estimate of drug-likeness (QED) is 0.823. The van der Waals surface area contributed by atoms with Gasteiger partial charge in [0.05, 0.1) is 22.0 Å². The first-order valence-electron chi connectivity index (χ1n) is 6.64. The molecule has 1 aromatic heterocycles. The molecule has 0 N–H and O–H groups in total. The van der Waals surface area contributed by atoms with Crippen molar-refractivity contribution in [2.24, 2.45) is 0 Å². The van der Waals surface area contributed by atoms with Gasteiger partial charge in [-0.1, -0.05) is 6.92 Å². The van der Waals surface area contributed by atoms with Gasteiger partial charge in [-0.25, -0.2) is 0 Å². The van der Waals surface area contributed by atoms with E-state index in [9.17, 15) is 0 Å². The SMILES string of the molecule is CCc1nn(CC)c(CSC2CCOC2C)c1Br. The molecule has 2 unspecified atom stereocenters. The van der Waals surface area contributed by atoms with Gasteiger partial charge in [0, 0.05) is 24.2 Å². The van der Waals surface area contributed by atoms with E-state index in [1.807, 2.05) is 11.8 Å². The van der Waals surface area contributed by atoms with Crippen molar-refractivity contribution in [1.29, 1.82) is 0 Å². The Hall–Kier alpha value is -0.0000000000000000555. The van der Waals surface area contributed by atoms with Crippen LogP contribution in [0.5, 0.6) is 0 Å². The van der Waals surface area contributed by atoms with Gasteiger partial charge in [-0.3, -0.25) is 4.68 Å². The van der Waals surface area contributed by atoms with E-state index in [0.717, 1.165) is 25.3 Å². The normalized spacial score (nSPS) is 23.8. The lowest BCUT2D eigenvalue weighted by atomic mass is 10.3. The smallest absolute Gasteiger partial charge is 0.0767 e. The van der Waals surface area contributed by atoms with Crippen molar-refractivity contribution in [2.75, 3.05) is 6.61 Å². The fourth-order valence-corrected chi connectivity index (χ4v) is 4.44. The van der Waals surface area contributed by atoms with E-state index in [0.29, 0.717) is 11.4 Å². The van der Waals surface area contributed by atoms with Gasteiger partial charge in [0.15, 0.2) is 0 Å². The molecule has 102 valence electrons. The van der Waals surface area contributed by atoms with Crippen LogP contribution in [0.2, 0.25) is 0 Å². The molecular formula is C13H21BrN2OS. The summed E-state index contributed by atoms with van der Waals surface area (Å²) in [6.45, 7) is 8.32. The highest BCUT2D eigenvalue weighted by molar-refractivity contribution is 9.10. The lowest BCUT2D eigenvalue weighted by molar-refractivity contribution is 0.127. The zero-order valence-electron chi connectivity index (χ0n) is 11.3. The summed E-state index contributed by atoms with van der Waals surface area (Å²) >= 11 is 5.70. The minimum Gasteiger partial charge on any atom is -0.377 e. The van der Waals surface area contributed by atoms with E-state index in [-0.39, 0.29) is 0 Å². The van der Waals surface area contributed by atoms with Gasteiger partial charge in [0.1, 0.15) is 0 Å². The van der Waals surface area contributed by atoms with E-state index in [1.165, 1.54) is 22.3 Å². The standard InChI is InChI=1S/C13H21BrN2OS/c1-4-10-13(14)11(16(5-2)15-10)8-18-12-6-7-17-9(12)3/h9,12H,4-8H2,1-3H3.